The molecule has 1 aromatic rings. The number of anilines is 2. The molecule has 1 aliphatic heterocycles. The van der Waals surface area contributed by atoms with Crippen LogP contribution in [-0.2, 0) is 0 Å². The lowest BCUT2D eigenvalue weighted by Crippen LogP contribution is -2.29. The molecule has 3 heteroatoms. The Morgan fingerprint density at radius 1 is 1.12 bits per heavy atom. The molecule has 0 atom stereocenters. The standard InChI is InChI=1S/C14H23N3/c1-16(12-9-15)13-5-7-14(8-6-13)17-10-3-2-4-11-17/h5-8H,2-4,9-12,15H2,1H3. The summed E-state index contributed by atoms with van der Waals surface area (Å²) in [6.07, 6.45) is 4.04. The van der Waals surface area contributed by atoms with Crippen molar-refractivity contribution in [3.8, 4) is 0 Å². The number of rotatable bonds is 4. The van der Waals surface area contributed by atoms with Crippen molar-refractivity contribution in [3.05, 3.63) is 24.3 Å². The topological polar surface area (TPSA) is 32.5 Å². The van der Waals surface area contributed by atoms with Crippen LogP contribution in [0.5, 0.6) is 0 Å². The molecular weight excluding hydrogens is 210 g/mol. The third-order valence-electron chi connectivity index (χ3n) is 3.48. The Hall–Kier alpha value is -1.22. The van der Waals surface area contributed by atoms with Gasteiger partial charge in [-0.2, -0.15) is 0 Å². The Morgan fingerprint density at radius 3 is 2.35 bits per heavy atom. The summed E-state index contributed by atoms with van der Waals surface area (Å²) in [4.78, 5) is 4.68. The first-order valence-electron chi connectivity index (χ1n) is 6.57. The maximum absolute atomic E-state index is 5.56. The molecule has 0 saturated carbocycles. The number of likely N-dealkylation sites (N-methyl/N-ethyl adjacent to an activating group) is 1. The van der Waals surface area contributed by atoms with Crippen molar-refractivity contribution < 1.29 is 0 Å². The molecule has 0 spiro atoms. The van der Waals surface area contributed by atoms with E-state index in [-0.39, 0.29) is 0 Å². The zero-order valence-electron chi connectivity index (χ0n) is 10.7. The molecule has 0 amide bonds. The number of hydrogen-bond acceptors (Lipinski definition) is 3. The van der Waals surface area contributed by atoms with Crippen molar-refractivity contribution in [1.82, 2.24) is 0 Å². The molecule has 0 aliphatic carbocycles. The number of benzene rings is 1. The summed E-state index contributed by atoms with van der Waals surface area (Å²) in [7, 11) is 2.09. The van der Waals surface area contributed by atoms with Gasteiger partial charge in [0, 0.05) is 44.6 Å². The second-order valence-electron chi connectivity index (χ2n) is 4.77. The van der Waals surface area contributed by atoms with E-state index in [1.165, 1.54) is 43.7 Å². The highest BCUT2D eigenvalue weighted by Crippen LogP contribution is 2.22. The molecular formula is C14H23N3. The second kappa shape index (κ2) is 5.92. The highest BCUT2D eigenvalue weighted by molar-refractivity contribution is 5.56. The van der Waals surface area contributed by atoms with Crippen LogP contribution in [0.3, 0.4) is 0 Å². The molecule has 1 heterocycles. The van der Waals surface area contributed by atoms with Gasteiger partial charge in [-0.05, 0) is 43.5 Å². The fourth-order valence-electron chi connectivity index (χ4n) is 2.39. The minimum Gasteiger partial charge on any atom is -0.373 e. The van der Waals surface area contributed by atoms with Crippen LogP contribution < -0.4 is 15.5 Å². The highest BCUT2D eigenvalue weighted by atomic mass is 15.1. The van der Waals surface area contributed by atoms with Gasteiger partial charge in [0.1, 0.15) is 0 Å². The van der Waals surface area contributed by atoms with Crippen LogP contribution in [0.15, 0.2) is 24.3 Å². The lowest BCUT2D eigenvalue weighted by atomic mass is 10.1. The molecule has 1 aliphatic rings. The molecule has 0 aromatic heterocycles. The Labute approximate surface area is 104 Å². The van der Waals surface area contributed by atoms with Crippen LogP contribution in [0.4, 0.5) is 11.4 Å². The van der Waals surface area contributed by atoms with Gasteiger partial charge < -0.3 is 15.5 Å². The average Bonchev–Trinajstić information content (AvgIpc) is 2.40. The fourth-order valence-corrected chi connectivity index (χ4v) is 2.39. The van der Waals surface area contributed by atoms with Gasteiger partial charge in [0.2, 0.25) is 0 Å². The quantitative estimate of drug-likeness (QED) is 0.864. The summed E-state index contributed by atoms with van der Waals surface area (Å²) in [5, 5.41) is 0. The van der Waals surface area contributed by atoms with Crippen LogP contribution in [0, 0.1) is 0 Å². The van der Waals surface area contributed by atoms with E-state index in [2.05, 4.69) is 41.1 Å². The first-order valence-corrected chi connectivity index (χ1v) is 6.57. The van der Waals surface area contributed by atoms with Crippen LogP contribution in [0.2, 0.25) is 0 Å². The maximum atomic E-state index is 5.56. The smallest absolute Gasteiger partial charge is 0.0367 e. The van der Waals surface area contributed by atoms with Crippen LogP contribution >= 0.6 is 0 Å². The molecule has 1 fully saturated rings. The highest BCUT2D eigenvalue weighted by Gasteiger charge is 2.10. The van der Waals surface area contributed by atoms with Crippen LogP contribution in [0.25, 0.3) is 0 Å². The Morgan fingerprint density at radius 2 is 1.76 bits per heavy atom. The van der Waals surface area contributed by atoms with Gasteiger partial charge in [0.25, 0.3) is 0 Å². The molecule has 1 saturated heterocycles. The fraction of sp³-hybridized carbons (Fsp3) is 0.571. The van der Waals surface area contributed by atoms with Crippen LogP contribution in [-0.4, -0.2) is 33.2 Å². The average molecular weight is 233 g/mol. The third kappa shape index (κ3) is 3.13. The van der Waals surface area contributed by atoms with Gasteiger partial charge in [0.15, 0.2) is 0 Å². The van der Waals surface area contributed by atoms with Crippen LogP contribution in [0.1, 0.15) is 19.3 Å². The van der Waals surface area contributed by atoms with E-state index < -0.39 is 0 Å². The molecule has 2 N–H and O–H groups in total. The van der Waals surface area contributed by atoms with Gasteiger partial charge in [-0.25, -0.2) is 0 Å². The number of nitrogens with zero attached hydrogens (tertiary/aromatic N) is 2. The van der Waals surface area contributed by atoms with Crippen molar-refractivity contribution in [2.45, 2.75) is 19.3 Å². The van der Waals surface area contributed by atoms with Crippen molar-refractivity contribution in [2.75, 3.05) is 43.0 Å². The zero-order valence-corrected chi connectivity index (χ0v) is 10.7. The molecule has 2 rings (SSSR count). The van der Waals surface area contributed by atoms with Crippen molar-refractivity contribution >= 4 is 11.4 Å². The Kier molecular flexibility index (Phi) is 4.26. The first kappa shape index (κ1) is 12.2. The zero-order chi connectivity index (χ0) is 12.1. The van der Waals surface area contributed by atoms with E-state index in [0.717, 1.165) is 6.54 Å². The minimum absolute atomic E-state index is 0.699. The summed E-state index contributed by atoms with van der Waals surface area (Å²) in [5.74, 6) is 0. The summed E-state index contributed by atoms with van der Waals surface area (Å²) < 4.78 is 0. The Balaban J connectivity index is 2.01. The summed E-state index contributed by atoms with van der Waals surface area (Å²) >= 11 is 0. The second-order valence-corrected chi connectivity index (χ2v) is 4.77. The van der Waals surface area contributed by atoms with Crippen molar-refractivity contribution in [3.63, 3.8) is 0 Å². The molecule has 1 aromatic carbocycles. The van der Waals surface area contributed by atoms with Gasteiger partial charge in [-0.3, -0.25) is 0 Å². The first-order chi connectivity index (χ1) is 8.31. The predicted molar refractivity (Wildman–Crippen MR) is 74.8 cm³/mol. The number of hydrogen-bond donors (Lipinski definition) is 1. The lowest BCUT2D eigenvalue weighted by Gasteiger charge is -2.29. The van der Waals surface area contributed by atoms with Gasteiger partial charge in [-0.15, -0.1) is 0 Å². The van der Waals surface area contributed by atoms with Gasteiger partial charge in [-0.1, -0.05) is 0 Å². The van der Waals surface area contributed by atoms with Crippen molar-refractivity contribution in [1.29, 1.82) is 0 Å². The normalized spacial score (nSPS) is 16.0. The largest absolute Gasteiger partial charge is 0.373 e. The molecule has 0 radical (unpaired) electrons. The summed E-state index contributed by atoms with van der Waals surface area (Å²) in [5.41, 5.74) is 8.17. The SMILES string of the molecule is CN(CCN)c1ccc(N2CCCCC2)cc1. The summed E-state index contributed by atoms with van der Waals surface area (Å²) in [6.45, 7) is 4.02. The molecule has 3 nitrogen and oxygen atoms in total. The molecule has 17 heavy (non-hydrogen) atoms. The van der Waals surface area contributed by atoms with E-state index in [9.17, 15) is 0 Å². The number of piperidine rings is 1. The Bertz CT molecular complexity index is 328. The number of nitrogens with two attached hydrogens (primary N) is 1. The molecule has 0 unspecified atom stereocenters. The molecule has 0 bridgehead atoms. The van der Waals surface area contributed by atoms with E-state index in [1.54, 1.807) is 0 Å². The monoisotopic (exact) mass is 233 g/mol. The summed E-state index contributed by atoms with van der Waals surface area (Å²) in [6, 6.07) is 8.85. The molecule has 94 valence electrons. The van der Waals surface area contributed by atoms with E-state index in [1.807, 2.05) is 0 Å². The maximum Gasteiger partial charge on any atom is 0.0367 e. The van der Waals surface area contributed by atoms with E-state index in [0.29, 0.717) is 6.54 Å². The predicted octanol–water partition coefficient (Wildman–Crippen LogP) is 2.07. The van der Waals surface area contributed by atoms with Gasteiger partial charge >= 0.3 is 0 Å². The lowest BCUT2D eigenvalue weighted by molar-refractivity contribution is 0.578. The third-order valence-corrected chi connectivity index (χ3v) is 3.48. The minimum atomic E-state index is 0.699. The van der Waals surface area contributed by atoms with Gasteiger partial charge in [0.05, 0.1) is 0 Å². The van der Waals surface area contributed by atoms with E-state index >= 15 is 0 Å². The van der Waals surface area contributed by atoms with E-state index in [4.69, 9.17) is 5.73 Å². The van der Waals surface area contributed by atoms with Crippen molar-refractivity contribution in [2.24, 2.45) is 5.73 Å².